The van der Waals surface area contributed by atoms with Gasteiger partial charge in [0.05, 0.1) is 11.1 Å². The Kier molecular flexibility index (Phi) is 7.50. The van der Waals surface area contributed by atoms with Crippen LogP contribution in [-0.2, 0) is 19.0 Å². The summed E-state index contributed by atoms with van der Waals surface area (Å²) in [6.07, 6.45) is 4.09. The summed E-state index contributed by atoms with van der Waals surface area (Å²) < 4.78 is 13.9. The molecule has 0 aromatic heterocycles. The summed E-state index contributed by atoms with van der Waals surface area (Å²) >= 11 is 0. The zero-order valence-electron chi connectivity index (χ0n) is 12.8. The number of hydrogen-bond donors (Lipinski definition) is 1. The maximum absolute atomic E-state index is 11.7. The maximum Gasteiger partial charge on any atom is 0.375 e. The van der Waals surface area contributed by atoms with Crippen LogP contribution in [0.15, 0.2) is 61.6 Å². The number of benzene rings is 1. The third kappa shape index (κ3) is 6.18. The van der Waals surface area contributed by atoms with Crippen molar-refractivity contribution in [1.29, 1.82) is 0 Å². The number of carboxylic acids is 1. The number of rotatable bonds is 7. The van der Waals surface area contributed by atoms with Gasteiger partial charge < -0.3 is 19.3 Å². The highest BCUT2D eigenvalue weighted by Gasteiger charge is 2.18. The second kappa shape index (κ2) is 9.62. The van der Waals surface area contributed by atoms with Crippen molar-refractivity contribution in [2.75, 3.05) is 13.2 Å². The van der Waals surface area contributed by atoms with Gasteiger partial charge in [0.15, 0.2) is 0 Å². The lowest BCUT2D eigenvalue weighted by Crippen LogP contribution is -2.14. The fraction of sp³-hybridized carbons (Fsp3) is 0.118. The van der Waals surface area contributed by atoms with Gasteiger partial charge in [0.25, 0.3) is 0 Å². The van der Waals surface area contributed by atoms with Crippen molar-refractivity contribution < 1.29 is 33.7 Å². The van der Waals surface area contributed by atoms with Crippen LogP contribution in [0.2, 0.25) is 0 Å². The summed E-state index contributed by atoms with van der Waals surface area (Å²) in [5.41, 5.74) is 0.349. The van der Waals surface area contributed by atoms with Crippen LogP contribution < -0.4 is 0 Å². The zero-order valence-corrected chi connectivity index (χ0v) is 12.8. The van der Waals surface area contributed by atoms with Gasteiger partial charge in [0, 0.05) is 0 Å². The molecule has 0 atom stereocenters. The molecular weight excluding hydrogens is 316 g/mol. The second-order valence-corrected chi connectivity index (χ2v) is 4.22. The molecule has 1 N–H and O–H groups in total. The van der Waals surface area contributed by atoms with Crippen molar-refractivity contribution in [2.45, 2.75) is 0 Å². The first-order chi connectivity index (χ1) is 11.5. The minimum absolute atomic E-state index is 0.0509. The van der Waals surface area contributed by atoms with Crippen molar-refractivity contribution >= 4 is 17.9 Å². The van der Waals surface area contributed by atoms with Gasteiger partial charge in [-0.05, 0) is 12.1 Å². The zero-order chi connectivity index (χ0) is 17.9. The molecule has 0 unspecified atom stereocenters. The van der Waals surface area contributed by atoms with E-state index in [1.165, 1.54) is 30.5 Å². The van der Waals surface area contributed by atoms with E-state index in [1.54, 1.807) is 12.1 Å². The molecule has 0 spiro atoms. The molecule has 2 rings (SSSR count). The van der Waals surface area contributed by atoms with Crippen molar-refractivity contribution in [1.82, 2.24) is 0 Å². The highest BCUT2D eigenvalue weighted by atomic mass is 16.6. The maximum atomic E-state index is 11.7. The monoisotopic (exact) mass is 332 g/mol. The Morgan fingerprint density at radius 3 is 1.67 bits per heavy atom. The average Bonchev–Trinajstić information content (AvgIpc) is 3.43. The average molecular weight is 332 g/mol. The van der Waals surface area contributed by atoms with E-state index in [0.29, 0.717) is 0 Å². The molecule has 0 saturated heterocycles. The first kappa shape index (κ1) is 18.7. The third-order valence-corrected chi connectivity index (χ3v) is 2.48. The Morgan fingerprint density at radius 1 is 1.00 bits per heavy atom. The van der Waals surface area contributed by atoms with Crippen LogP contribution in [0.25, 0.3) is 0 Å². The van der Waals surface area contributed by atoms with Crippen LogP contribution in [0, 0.1) is 0 Å². The van der Waals surface area contributed by atoms with Crippen molar-refractivity contribution in [3.63, 3.8) is 0 Å². The second-order valence-electron chi connectivity index (χ2n) is 4.22. The Balaban J connectivity index is 0.000000400. The topological polar surface area (TPSA) is 102 Å². The van der Waals surface area contributed by atoms with Gasteiger partial charge in [-0.2, -0.15) is 0 Å². The van der Waals surface area contributed by atoms with Crippen molar-refractivity contribution in [2.24, 2.45) is 0 Å². The highest BCUT2D eigenvalue weighted by molar-refractivity contribution is 6.03. The third-order valence-electron chi connectivity index (χ3n) is 2.48. The van der Waals surface area contributed by atoms with Crippen molar-refractivity contribution in [3.05, 3.63) is 72.7 Å². The molecule has 0 bridgehead atoms. The van der Waals surface area contributed by atoms with E-state index >= 15 is 0 Å². The normalized spacial score (nSPS) is 10.8. The smallest absolute Gasteiger partial charge is 0.375 e. The van der Waals surface area contributed by atoms with Crippen LogP contribution >= 0.6 is 0 Å². The van der Waals surface area contributed by atoms with E-state index in [-0.39, 0.29) is 30.1 Å². The Morgan fingerprint density at radius 2 is 1.42 bits per heavy atom. The van der Waals surface area contributed by atoms with Gasteiger partial charge >= 0.3 is 17.9 Å². The Bertz CT molecular complexity index is 630. The van der Waals surface area contributed by atoms with Crippen molar-refractivity contribution in [3.8, 4) is 0 Å². The predicted molar refractivity (Wildman–Crippen MR) is 84.2 cm³/mol. The molecular formula is C17H16O7. The van der Waals surface area contributed by atoms with Crippen LogP contribution in [0.4, 0.5) is 0 Å². The SMILES string of the molecule is C=CCOC(=O)c1ccccc1C(=O)OCC=C.O=C(O)C1=CO1. The van der Waals surface area contributed by atoms with Crippen LogP contribution in [0.3, 0.4) is 0 Å². The molecule has 0 saturated carbocycles. The number of ether oxygens (including phenoxy) is 3. The molecule has 1 aliphatic rings. The molecule has 1 aromatic rings. The molecule has 7 nitrogen and oxygen atoms in total. The predicted octanol–water partition coefficient (Wildman–Crippen LogP) is 2.31. The fourth-order valence-corrected chi connectivity index (χ4v) is 1.39. The number of esters is 2. The summed E-state index contributed by atoms with van der Waals surface area (Å²) in [5.74, 6) is -2.10. The molecule has 1 aliphatic heterocycles. The summed E-state index contributed by atoms with van der Waals surface area (Å²) in [6, 6.07) is 6.31. The van der Waals surface area contributed by atoms with Gasteiger partial charge in [-0.1, -0.05) is 37.4 Å². The van der Waals surface area contributed by atoms with Gasteiger partial charge in [-0.15, -0.1) is 0 Å². The molecule has 126 valence electrons. The summed E-state index contributed by atoms with van der Waals surface area (Å²) in [7, 11) is 0. The lowest BCUT2D eigenvalue weighted by atomic mass is 10.1. The number of carbonyl (C=O) groups excluding carboxylic acids is 2. The lowest BCUT2D eigenvalue weighted by Gasteiger charge is -2.07. The number of aliphatic carboxylic acids is 1. The van der Waals surface area contributed by atoms with E-state index in [2.05, 4.69) is 17.9 Å². The van der Waals surface area contributed by atoms with Gasteiger partial charge in [-0.25, -0.2) is 14.4 Å². The minimum atomic E-state index is -0.991. The van der Waals surface area contributed by atoms with Crippen LogP contribution in [0.5, 0.6) is 0 Å². The first-order valence-electron chi connectivity index (χ1n) is 6.76. The van der Waals surface area contributed by atoms with E-state index in [9.17, 15) is 14.4 Å². The fourth-order valence-electron chi connectivity index (χ4n) is 1.39. The van der Waals surface area contributed by atoms with E-state index in [1.807, 2.05) is 0 Å². The molecule has 24 heavy (non-hydrogen) atoms. The minimum Gasteiger partial charge on any atom is -0.475 e. The van der Waals surface area contributed by atoms with Gasteiger partial charge in [0.1, 0.15) is 19.5 Å². The molecule has 7 heteroatoms. The Labute approximate surface area is 138 Å². The largest absolute Gasteiger partial charge is 0.475 e. The molecule has 1 heterocycles. The van der Waals surface area contributed by atoms with E-state index < -0.39 is 17.9 Å². The quantitative estimate of drug-likeness (QED) is 0.603. The first-order valence-corrected chi connectivity index (χ1v) is 6.76. The summed E-state index contributed by atoms with van der Waals surface area (Å²) in [6.45, 7) is 7.07. The molecule has 0 amide bonds. The van der Waals surface area contributed by atoms with E-state index in [4.69, 9.17) is 14.6 Å². The highest BCUT2D eigenvalue weighted by Crippen LogP contribution is 2.12. The standard InChI is InChI=1S/C14H14O4.C3H2O3/c1-3-9-17-13(15)11-7-5-6-8-12(11)14(16)18-10-4-2;4-3(5)2-1-6-2/h3-8H,1-2,9-10H2;1H,(H,4,5). The van der Waals surface area contributed by atoms with Crippen LogP contribution in [0.1, 0.15) is 20.7 Å². The molecule has 0 radical (unpaired) electrons. The van der Waals surface area contributed by atoms with Gasteiger partial charge in [0.2, 0.25) is 5.76 Å². The lowest BCUT2D eigenvalue weighted by molar-refractivity contribution is -0.133. The molecule has 1 aromatic carbocycles. The summed E-state index contributed by atoms with van der Waals surface area (Å²) in [5, 5.41) is 7.86. The van der Waals surface area contributed by atoms with Crippen LogP contribution in [-0.4, -0.2) is 36.2 Å². The number of carboxylic acid groups (broad SMARTS) is 1. The molecule has 0 fully saturated rings. The van der Waals surface area contributed by atoms with E-state index in [0.717, 1.165) is 0 Å². The Hall–Kier alpha value is -3.35. The van der Waals surface area contributed by atoms with Gasteiger partial charge in [-0.3, -0.25) is 0 Å². The molecule has 0 aliphatic carbocycles. The summed E-state index contributed by atoms with van der Waals surface area (Å²) in [4.78, 5) is 33.0. The number of carbonyl (C=O) groups is 3. The number of hydrogen-bond acceptors (Lipinski definition) is 6.